The van der Waals surface area contributed by atoms with E-state index < -0.39 is 0 Å². The van der Waals surface area contributed by atoms with E-state index in [1.54, 1.807) is 0 Å². The maximum atomic E-state index is 4.32. The van der Waals surface area contributed by atoms with Crippen LogP contribution in [0.5, 0.6) is 0 Å². The SMILES string of the molecule is Cc1ccc(N2CCC(N3CCN(C(C)C)CC3)C2)nn1. The van der Waals surface area contributed by atoms with Gasteiger partial charge in [-0.25, -0.2) is 0 Å². The fourth-order valence-corrected chi connectivity index (χ4v) is 3.43. The molecule has 116 valence electrons. The van der Waals surface area contributed by atoms with Gasteiger partial charge in [0.2, 0.25) is 0 Å². The highest BCUT2D eigenvalue weighted by atomic mass is 15.3. The molecule has 1 aromatic heterocycles. The fraction of sp³-hybridized carbons (Fsp3) is 0.750. The second-order valence-electron chi connectivity index (χ2n) is 6.59. The number of nitrogens with zero attached hydrogens (tertiary/aromatic N) is 5. The number of rotatable bonds is 3. The zero-order valence-electron chi connectivity index (χ0n) is 13.5. The molecule has 21 heavy (non-hydrogen) atoms. The highest BCUT2D eigenvalue weighted by Gasteiger charge is 2.30. The molecule has 3 rings (SSSR count). The van der Waals surface area contributed by atoms with E-state index >= 15 is 0 Å². The second-order valence-corrected chi connectivity index (χ2v) is 6.59. The van der Waals surface area contributed by atoms with E-state index in [0.29, 0.717) is 12.1 Å². The van der Waals surface area contributed by atoms with E-state index in [1.165, 1.54) is 32.6 Å². The van der Waals surface area contributed by atoms with Crippen LogP contribution in [0.4, 0.5) is 5.82 Å². The first-order valence-corrected chi connectivity index (χ1v) is 8.17. The van der Waals surface area contributed by atoms with Gasteiger partial charge in [0.15, 0.2) is 5.82 Å². The first-order chi connectivity index (χ1) is 10.1. The van der Waals surface area contributed by atoms with Crippen molar-refractivity contribution < 1.29 is 0 Å². The number of hydrogen-bond donors (Lipinski definition) is 0. The molecule has 2 saturated heterocycles. The summed E-state index contributed by atoms with van der Waals surface area (Å²) < 4.78 is 0. The number of hydrogen-bond acceptors (Lipinski definition) is 5. The zero-order chi connectivity index (χ0) is 14.8. The Kier molecular flexibility index (Phi) is 4.40. The summed E-state index contributed by atoms with van der Waals surface area (Å²) in [4.78, 5) is 7.63. The van der Waals surface area contributed by atoms with E-state index in [2.05, 4.69) is 50.9 Å². The number of anilines is 1. The topological polar surface area (TPSA) is 35.5 Å². The molecule has 1 atom stereocenters. The van der Waals surface area contributed by atoms with E-state index in [1.807, 2.05) is 6.92 Å². The minimum absolute atomic E-state index is 0.676. The zero-order valence-corrected chi connectivity index (χ0v) is 13.5. The van der Waals surface area contributed by atoms with E-state index in [-0.39, 0.29) is 0 Å². The lowest BCUT2D eigenvalue weighted by Crippen LogP contribution is -2.52. The van der Waals surface area contributed by atoms with Crippen LogP contribution in [0, 0.1) is 6.92 Å². The number of aromatic nitrogens is 2. The van der Waals surface area contributed by atoms with Crippen molar-refractivity contribution in [1.29, 1.82) is 0 Å². The van der Waals surface area contributed by atoms with Crippen molar-refractivity contribution >= 4 is 5.82 Å². The van der Waals surface area contributed by atoms with Crippen LogP contribution in [-0.2, 0) is 0 Å². The molecule has 0 aromatic carbocycles. The molecule has 5 nitrogen and oxygen atoms in total. The monoisotopic (exact) mass is 289 g/mol. The molecule has 0 amide bonds. The second kappa shape index (κ2) is 6.28. The molecule has 2 aliphatic heterocycles. The van der Waals surface area contributed by atoms with Gasteiger partial charge in [0.05, 0.1) is 5.69 Å². The molecule has 0 bridgehead atoms. The van der Waals surface area contributed by atoms with E-state index in [4.69, 9.17) is 0 Å². The van der Waals surface area contributed by atoms with Gasteiger partial charge in [-0.1, -0.05) is 0 Å². The predicted octanol–water partition coefficient (Wildman–Crippen LogP) is 1.39. The summed E-state index contributed by atoms with van der Waals surface area (Å²) in [7, 11) is 0. The summed E-state index contributed by atoms with van der Waals surface area (Å²) in [5, 5.41) is 8.50. The molecule has 0 spiro atoms. The van der Waals surface area contributed by atoms with Crippen molar-refractivity contribution in [3.8, 4) is 0 Å². The van der Waals surface area contributed by atoms with Crippen LogP contribution < -0.4 is 4.90 Å². The van der Waals surface area contributed by atoms with Gasteiger partial charge in [-0.05, 0) is 39.3 Å². The van der Waals surface area contributed by atoms with Crippen molar-refractivity contribution in [2.24, 2.45) is 0 Å². The molecule has 5 heteroatoms. The normalized spacial score (nSPS) is 25.0. The van der Waals surface area contributed by atoms with Crippen LogP contribution in [0.2, 0.25) is 0 Å². The lowest BCUT2D eigenvalue weighted by Gasteiger charge is -2.39. The molecule has 0 N–H and O–H groups in total. The van der Waals surface area contributed by atoms with Crippen molar-refractivity contribution in [2.45, 2.75) is 39.3 Å². The first-order valence-electron chi connectivity index (χ1n) is 8.17. The molecule has 3 heterocycles. The molecule has 1 aromatic rings. The van der Waals surface area contributed by atoms with Gasteiger partial charge < -0.3 is 4.90 Å². The highest BCUT2D eigenvalue weighted by Crippen LogP contribution is 2.22. The Morgan fingerprint density at radius 2 is 1.81 bits per heavy atom. The molecular formula is C16H27N5. The fourth-order valence-electron chi connectivity index (χ4n) is 3.43. The highest BCUT2D eigenvalue weighted by molar-refractivity contribution is 5.39. The molecule has 0 aliphatic carbocycles. The van der Waals surface area contributed by atoms with E-state index in [9.17, 15) is 0 Å². The average molecular weight is 289 g/mol. The van der Waals surface area contributed by atoms with E-state index in [0.717, 1.165) is 24.6 Å². The first kappa shape index (κ1) is 14.7. The number of aryl methyl sites for hydroxylation is 1. The maximum absolute atomic E-state index is 4.32. The molecule has 1 unspecified atom stereocenters. The molecule has 2 fully saturated rings. The standard InChI is InChI=1S/C16H27N5/c1-13(2)19-8-10-20(11-9-19)15-6-7-21(12-15)16-5-4-14(3)17-18-16/h4-5,13,15H,6-12H2,1-3H3. The van der Waals surface area contributed by atoms with Crippen LogP contribution in [0.1, 0.15) is 26.0 Å². The lowest BCUT2D eigenvalue weighted by molar-refractivity contribution is 0.0842. The summed E-state index contributed by atoms with van der Waals surface area (Å²) in [5.41, 5.74) is 0.985. The summed E-state index contributed by atoms with van der Waals surface area (Å²) in [6, 6.07) is 5.51. The van der Waals surface area contributed by atoms with Crippen molar-refractivity contribution in [3.05, 3.63) is 17.8 Å². The quantitative estimate of drug-likeness (QED) is 0.840. The summed E-state index contributed by atoms with van der Waals surface area (Å²) in [5.74, 6) is 1.03. The van der Waals surface area contributed by atoms with Crippen molar-refractivity contribution in [1.82, 2.24) is 20.0 Å². The van der Waals surface area contributed by atoms with Crippen LogP contribution in [-0.4, -0.2) is 71.3 Å². The third-order valence-electron chi connectivity index (χ3n) is 4.87. The minimum Gasteiger partial charge on any atom is -0.354 e. The van der Waals surface area contributed by atoms with Gasteiger partial charge in [-0.15, -0.1) is 5.10 Å². The Morgan fingerprint density at radius 3 is 2.43 bits per heavy atom. The largest absolute Gasteiger partial charge is 0.354 e. The molecule has 0 saturated carbocycles. The minimum atomic E-state index is 0.676. The van der Waals surface area contributed by atoms with Gasteiger partial charge in [0.1, 0.15) is 0 Å². The van der Waals surface area contributed by atoms with Crippen LogP contribution in [0.15, 0.2) is 12.1 Å². The summed E-state index contributed by atoms with van der Waals surface area (Å²) in [6.07, 6.45) is 1.25. The smallest absolute Gasteiger partial charge is 0.151 e. The average Bonchev–Trinajstić information content (AvgIpc) is 2.98. The third-order valence-corrected chi connectivity index (χ3v) is 4.87. The van der Waals surface area contributed by atoms with Gasteiger partial charge in [-0.2, -0.15) is 5.10 Å². The van der Waals surface area contributed by atoms with Gasteiger partial charge >= 0.3 is 0 Å². The van der Waals surface area contributed by atoms with Crippen molar-refractivity contribution in [2.75, 3.05) is 44.2 Å². The molecular weight excluding hydrogens is 262 g/mol. The predicted molar refractivity (Wildman–Crippen MR) is 85.7 cm³/mol. The molecule has 2 aliphatic rings. The lowest BCUT2D eigenvalue weighted by atomic mass is 10.1. The Bertz CT molecular complexity index is 450. The summed E-state index contributed by atoms with van der Waals surface area (Å²) >= 11 is 0. The van der Waals surface area contributed by atoms with Gasteiger partial charge in [0, 0.05) is 51.4 Å². The van der Waals surface area contributed by atoms with Crippen LogP contribution in [0.25, 0.3) is 0 Å². The number of piperazine rings is 1. The Labute approximate surface area is 127 Å². The van der Waals surface area contributed by atoms with Gasteiger partial charge in [-0.3, -0.25) is 9.80 Å². The van der Waals surface area contributed by atoms with Crippen LogP contribution >= 0.6 is 0 Å². The Morgan fingerprint density at radius 1 is 1.05 bits per heavy atom. The molecule has 0 radical (unpaired) electrons. The summed E-state index contributed by atoms with van der Waals surface area (Å²) in [6.45, 7) is 13.6. The van der Waals surface area contributed by atoms with Gasteiger partial charge in [0.25, 0.3) is 0 Å². The van der Waals surface area contributed by atoms with Crippen LogP contribution in [0.3, 0.4) is 0 Å². The Balaban J connectivity index is 1.54. The van der Waals surface area contributed by atoms with Crippen molar-refractivity contribution in [3.63, 3.8) is 0 Å². The Hall–Kier alpha value is -1.20. The maximum Gasteiger partial charge on any atom is 0.151 e. The third kappa shape index (κ3) is 3.35.